The van der Waals surface area contributed by atoms with E-state index in [4.69, 9.17) is 9.47 Å². The number of benzene rings is 3. The molecule has 7 heteroatoms. The van der Waals surface area contributed by atoms with Gasteiger partial charge in [0.05, 0.1) is 18.1 Å². The molecule has 0 saturated carbocycles. The normalized spacial score (nSPS) is 26.0. The van der Waals surface area contributed by atoms with Crippen molar-refractivity contribution in [3.63, 3.8) is 0 Å². The van der Waals surface area contributed by atoms with Gasteiger partial charge < -0.3 is 9.47 Å². The zero-order valence-corrected chi connectivity index (χ0v) is 18.9. The molecule has 2 amide bonds. The zero-order chi connectivity index (χ0) is 22.3. The summed E-state index contributed by atoms with van der Waals surface area (Å²) >= 11 is 3.50. The Morgan fingerprint density at radius 3 is 1.82 bits per heavy atom. The molecule has 0 N–H and O–H groups in total. The molecule has 0 radical (unpaired) electrons. The van der Waals surface area contributed by atoms with Gasteiger partial charge in [0.2, 0.25) is 6.79 Å². The van der Waals surface area contributed by atoms with Crippen LogP contribution in [0.4, 0.5) is 0 Å². The van der Waals surface area contributed by atoms with Gasteiger partial charge in [-0.25, -0.2) is 0 Å². The summed E-state index contributed by atoms with van der Waals surface area (Å²) in [5, 5.41) is 5.44. The van der Waals surface area contributed by atoms with Gasteiger partial charge in [-0.05, 0) is 50.3 Å². The summed E-state index contributed by atoms with van der Waals surface area (Å²) in [7, 11) is 0. The first-order valence-corrected chi connectivity index (χ1v) is 11.6. The number of fused-ring (bicyclic) bond motifs is 1. The van der Waals surface area contributed by atoms with Crippen LogP contribution in [0.5, 0.6) is 11.5 Å². The van der Waals surface area contributed by atoms with Gasteiger partial charge in [0.1, 0.15) is 0 Å². The third kappa shape index (κ3) is 2.51. The van der Waals surface area contributed by atoms with Gasteiger partial charge in [-0.1, -0.05) is 48.5 Å². The van der Waals surface area contributed by atoms with Gasteiger partial charge in [-0.15, -0.1) is 0 Å². The topological polar surface area (TPSA) is 68.2 Å². The second-order valence-electron chi connectivity index (χ2n) is 8.72. The minimum atomic E-state index is -0.440. The van der Waals surface area contributed by atoms with Gasteiger partial charge >= 0.3 is 0 Å². The molecule has 2 aliphatic heterocycles. The highest BCUT2D eigenvalue weighted by atomic mass is 79.9. The molecule has 6 nitrogen and oxygen atoms in total. The van der Waals surface area contributed by atoms with Crippen molar-refractivity contribution in [3.8, 4) is 11.5 Å². The number of ether oxygens (including phenoxy) is 2. The Morgan fingerprint density at radius 1 is 0.818 bits per heavy atom. The van der Waals surface area contributed by atoms with E-state index in [1.165, 1.54) is 6.21 Å². The first-order chi connectivity index (χ1) is 16.1. The fraction of sp³-hybridized carbons (Fsp3) is 0.192. The Balaban J connectivity index is 1.30. The third-order valence-electron chi connectivity index (χ3n) is 7.23. The molecule has 162 valence electrons. The molecular weight excluding hydrogens is 484 g/mol. The molecule has 5 aliphatic rings. The number of nitrogens with zero attached hydrogens (tertiary/aromatic N) is 2. The quantitative estimate of drug-likeness (QED) is 0.386. The van der Waals surface area contributed by atoms with Crippen molar-refractivity contribution in [2.45, 2.75) is 11.8 Å². The fourth-order valence-electron chi connectivity index (χ4n) is 5.93. The Morgan fingerprint density at radius 2 is 1.30 bits per heavy atom. The number of hydrogen-bond acceptors (Lipinski definition) is 5. The number of rotatable bonds is 2. The van der Waals surface area contributed by atoms with Crippen molar-refractivity contribution in [3.05, 3.63) is 93.0 Å². The lowest BCUT2D eigenvalue weighted by Gasteiger charge is -2.45. The summed E-state index contributed by atoms with van der Waals surface area (Å²) in [6, 6.07) is 20.0. The monoisotopic (exact) mass is 500 g/mol. The standard InChI is InChI=1S/C26H17BrN2O4/c27-18-10-20-19(32-12-33-20)9-13(18)11-28-29-25(30)23-21-14-5-1-2-6-15(14)22(24(23)26(29)31)17-8-4-3-7-16(17)21/h1-11,21-24H,12H2/b28-11-/t21?,22?,23-,24+. The summed E-state index contributed by atoms with van der Waals surface area (Å²) in [6.45, 7) is 0.165. The number of hydrazone groups is 1. The molecule has 1 fully saturated rings. The number of carbonyl (C=O) groups excluding carboxylic acids is 2. The van der Waals surface area contributed by atoms with E-state index in [0.717, 1.165) is 31.7 Å². The third-order valence-corrected chi connectivity index (χ3v) is 7.92. The molecule has 2 heterocycles. The lowest BCUT2D eigenvalue weighted by atomic mass is 9.55. The van der Waals surface area contributed by atoms with Crippen LogP contribution in [-0.2, 0) is 9.59 Å². The van der Waals surface area contributed by atoms with Crippen molar-refractivity contribution in [1.82, 2.24) is 5.01 Å². The maximum atomic E-state index is 13.6. The maximum absolute atomic E-state index is 13.6. The number of halogens is 1. The molecule has 3 aromatic rings. The Hall–Kier alpha value is -3.45. The molecular formula is C26H17BrN2O4. The average molecular weight is 501 g/mol. The number of carbonyl (C=O) groups is 2. The summed E-state index contributed by atoms with van der Waals surface area (Å²) in [5.41, 5.74) is 5.28. The van der Waals surface area contributed by atoms with Gasteiger partial charge in [-0.3, -0.25) is 9.59 Å². The van der Waals surface area contributed by atoms with E-state index >= 15 is 0 Å². The van der Waals surface area contributed by atoms with Crippen LogP contribution in [0.3, 0.4) is 0 Å². The maximum Gasteiger partial charge on any atom is 0.254 e. The van der Waals surface area contributed by atoms with Gasteiger partial charge in [-0.2, -0.15) is 10.1 Å². The van der Waals surface area contributed by atoms with Crippen molar-refractivity contribution >= 4 is 34.0 Å². The first kappa shape index (κ1) is 19.1. The largest absolute Gasteiger partial charge is 0.454 e. The van der Waals surface area contributed by atoms with Gasteiger partial charge in [0, 0.05) is 21.9 Å². The molecule has 0 unspecified atom stereocenters. The molecule has 1 saturated heterocycles. The summed E-state index contributed by atoms with van der Waals surface area (Å²) in [4.78, 5) is 27.2. The number of amides is 2. The van der Waals surface area contributed by atoms with Crippen LogP contribution in [0.15, 0.2) is 70.2 Å². The van der Waals surface area contributed by atoms with Crippen LogP contribution in [0.25, 0.3) is 0 Å². The minimum absolute atomic E-state index is 0.138. The van der Waals surface area contributed by atoms with Crippen molar-refractivity contribution in [1.29, 1.82) is 0 Å². The minimum Gasteiger partial charge on any atom is -0.454 e. The van der Waals surface area contributed by atoms with E-state index in [-0.39, 0.29) is 30.4 Å². The number of imide groups is 1. The van der Waals surface area contributed by atoms with E-state index in [9.17, 15) is 9.59 Å². The van der Waals surface area contributed by atoms with E-state index in [2.05, 4.69) is 45.3 Å². The first-order valence-electron chi connectivity index (χ1n) is 10.8. The molecule has 2 atom stereocenters. The Labute approximate surface area is 197 Å². The lowest BCUT2D eigenvalue weighted by molar-refractivity contribution is -0.139. The average Bonchev–Trinajstić information content (AvgIpc) is 3.39. The highest BCUT2D eigenvalue weighted by Crippen LogP contribution is 2.61. The molecule has 2 bridgehead atoms. The van der Waals surface area contributed by atoms with Crippen LogP contribution >= 0.6 is 15.9 Å². The van der Waals surface area contributed by atoms with Crippen molar-refractivity contribution in [2.24, 2.45) is 16.9 Å². The van der Waals surface area contributed by atoms with E-state index < -0.39 is 11.8 Å². The van der Waals surface area contributed by atoms with Gasteiger partial charge in [0.25, 0.3) is 11.8 Å². The highest BCUT2D eigenvalue weighted by molar-refractivity contribution is 9.10. The molecule has 33 heavy (non-hydrogen) atoms. The molecule has 3 aliphatic carbocycles. The summed E-state index contributed by atoms with van der Waals surface area (Å²) in [6.07, 6.45) is 1.53. The predicted octanol–water partition coefficient (Wildman–Crippen LogP) is 4.40. The van der Waals surface area contributed by atoms with Crippen LogP contribution in [0, 0.1) is 11.8 Å². The van der Waals surface area contributed by atoms with Crippen LogP contribution in [0.2, 0.25) is 0 Å². The summed E-state index contributed by atoms with van der Waals surface area (Å²) in [5.74, 6) is -0.381. The number of hydrogen-bond donors (Lipinski definition) is 0. The molecule has 8 rings (SSSR count). The SMILES string of the molecule is O=C1[C@@H]2C3c4ccccc4C(c4ccccc43)[C@@H]2C(=O)N1/N=C\c1cc2c(cc1Br)OCO2. The Bertz CT molecular complexity index is 1290. The van der Waals surface area contributed by atoms with Crippen LogP contribution < -0.4 is 9.47 Å². The second kappa shape index (κ2) is 6.78. The lowest BCUT2D eigenvalue weighted by Crippen LogP contribution is -2.41. The molecule has 0 spiro atoms. The zero-order valence-electron chi connectivity index (χ0n) is 17.3. The smallest absolute Gasteiger partial charge is 0.254 e. The summed E-state index contributed by atoms with van der Waals surface area (Å²) < 4.78 is 11.6. The second-order valence-corrected chi connectivity index (χ2v) is 9.58. The fourth-order valence-corrected chi connectivity index (χ4v) is 6.35. The molecule has 0 aromatic heterocycles. The van der Waals surface area contributed by atoms with Crippen LogP contribution in [-0.4, -0.2) is 29.8 Å². The van der Waals surface area contributed by atoms with Crippen LogP contribution in [0.1, 0.15) is 39.7 Å². The predicted molar refractivity (Wildman–Crippen MR) is 123 cm³/mol. The van der Waals surface area contributed by atoms with Gasteiger partial charge in [0.15, 0.2) is 11.5 Å². The van der Waals surface area contributed by atoms with Crippen molar-refractivity contribution < 1.29 is 19.1 Å². The van der Waals surface area contributed by atoms with Crippen molar-refractivity contribution in [2.75, 3.05) is 6.79 Å². The van der Waals surface area contributed by atoms with E-state index in [0.29, 0.717) is 17.1 Å². The molecule has 3 aromatic carbocycles. The van der Waals surface area contributed by atoms with E-state index in [1.54, 1.807) is 12.1 Å². The van der Waals surface area contributed by atoms with E-state index in [1.807, 2.05) is 24.3 Å². The highest BCUT2D eigenvalue weighted by Gasteiger charge is 2.61. The Kier molecular flexibility index (Phi) is 3.91.